The van der Waals surface area contributed by atoms with E-state index in [2.05, 4.69) is 0 Å². The number of nitrogens with zero attached hydrogens (tertiary/aromatic N) is 2. The minimum atomic E-state index is -3.61. The molecule has 1 fully saturated rings. The van der Waals surface area contributed by atoms with E-state index >= 15 is 0 Å². The lowest BCUT2D eigenvalue weighted by molar-refractivity contribution is -0.117. The van der Waals surface area contributed by atoms with Gasteiger partial charge in [0.05, 0.1) is 28.8 Å². The monoisotopic (exact) mass is 294 g/mol. The molecule has 1 unspecified atom stereocenters. The summed E-state index contributed by atoms with van der Waals surface area (Å²) in [4.78, 5) is 13.4. The highest BCUT2D eigenvalue weighted by Crippen LogP contribution is 2.30. The summed E-state index contributed by atoms with van der Waals surface area (Å²) in [6.07, 6.45) is 0.121. The molecule has 1 amide bonds. The lowest BCUT2D eigenvalue weighted by Crippen LogP contribution is -2.28. The maximum Gasteiger partial charge on any atom is 0.227 e. The standard InChI is InChI=1S/C12H14N4O3S/c13-5-8-1-2-11(10(14)3-8)16-6-9(4-12(16)17)7-20(15,18)19/h1-3,9H,4,6-7,14H2,(H2,15,18,19). The Kier molecular flexibility index (Phi) is 3.65. The van der Waals surface area contributed by atoms with Crippen molar-refractivity contribution in [3.8, 4) is 6.07 Å². The number of carbonyl (C=O) groups excluding carboxylic acids is 1. The molecule has 1 aromatic rings. The quantitative estimate of drug-likeness (QED) is 0.744. The first-order chi connectivity index (χ1) is 9.30. The predicted octanol–water partition coefficient (Wildman–Crippen LogP) is -0.218. The van der Waals surface area contributed by atoms with E-state index < -0.39 is 10.0 Å². The number of rotatable bonds is 3. The smallest absolute Gasteiger partial charge is 0.227 e. The van der Waals surface area contributed by atoms with Crippen LogP contribution in [0, 0.1) is 17.2 Å². The Morgan fingerprint density at radius 3 is 2.70 bits per heavy atom. The van der Waals surface area contributed by atoms with Crippen LogP contribution in [0.3, 0.4) is 0 Å². The Labute approximate surface area is 116 Å². The number of nitrogen functional groups attached to an aromatic ring is 1. The van der Waals surface area contributed by atoms with Gasteiger partial charge in [-0.15, -0.1) is 0 Å². The van der Waals surface area contributed by atoms with Gasteiger partial charge in [0.15, 0.2) is 0 Å². The Morgan fingerprint density at radius 2 is 2.15 bits per heavy atom. The second-order valence-electron chi connectivity index (χ2n) is 4.79. The summed E-state index contributed by atoms with van der Waals surface area (Å²) in [5.41, 5.74) is 7.03. The van der Waals surface area contributed by atoms with Gasteiger partial charge in [0.25, 0.3) is 0 Å². The summed E-state index contributed by atoms with van der Waals surface area (Å²) in [5, 5.41) is 13.8. The van der Waals surface area contributed by atoms with E-state index in [1.54, 1.807) is 12.1 Å². The van der Waals surface area contributed by atoms with Crippen LogP contribution in [-0.2, 0) is 14.8 Å². The number of nitrogens with two attached hydrogens (primary N) is 2. The number of amides is 1. The molecule has 0 radical (unpaired) electrons. The zero-order chi connectivity index (χ0) is 14.9. The number of nitriles is 1. The van der Waals surface area contributed by atoms with Crippen LogP contribution in [0.4, 0.5) is 11.4 Å². The Hall–Kier alpha value is -2.11. The molecule has 1 aliphatic heterocycles. The largest absolute Gasteiger partial charge is 0.397 e. The van der Waals surface area contributed by atoms with Gasteiger partial charge in [0.1, 0.15) is 0 Å². The lowest BCUT2D eigenvalue weighted by Gasteiger charge is -2.18. The van der Waals surface area contributed by atoms with Gasteiger partial charge < -0.3 is 10.6 Å². The van der Waals surface area contributed by atoms with E-state index in [-0.39, 0.29) is 30.5 Å². The van der Waals surface area contributed by atoms with Gasteiger partial charge >= 0.3 is 0 Å². The topological polar surface area (TPSA) is 130 Å². The summed E-state index contributed by atoms with van der Waals surface area (Å²) in [7, 11) is -3.61. The first-order valence-electron chi connectivity index (χ1n) is 5.90. The SMILES string of the molecule is N#Cc1ccc(N2CC(CS(N)(=O)=O)CC2=O)c(N)c1. The van der Waals surface area contributed by atoms with Crippen molar-refractivity contribution in [2.75, 3.05) is 22.9 Å². The molecule has 1 aliphatic rings. The fraction of sp³-hybridized carbons (Fsp3) is 0.333. The molecular weight excluding hydrogens is 280 g/mol. The molecule has 0 aliphatic carbocycles. The molecule has 4 N–H and O–H groups in total. The van der Waals surface area contributed by atoms with Crippen LogP contribution in [0.1, 0.15) is 12.0 Å². The number of sulfonamides is 1. The zero-order valence-electron chi connectivity index (χ0n) is 10.6. The summed E-state index contributed by atoms with van der Waals surface area (Å²) >= 11 is 0. The van der Waals surface area contributed by atoms with Crippen molar-refractivity contribution in [1.29, 1.82) is 5.26 Å². The highest BCUT2D eigenvalue weighted by Gasteiger charge is 2.33. The van der Waals surface area contributed by atoms with Gasteiger partial charge in [-0.2, -0.15) is 5.26 Å². The minimum Gasteiger partial charge on any atom is -0.397 e. The predicted molar refractivity (Wildman–Crippen MR) is 74.0 cm³/mol. The van der Waals surface area contributed by atoms with Crippen molar-refractivity contribution in [3.05, 3.63) is 23.8 Å². The van der Waals surface area contributed by atoms with Crippen LogP contribution in [0.2, 0.25) is 0 Å². The van der Waals surface area contributed by atoms with Crippen LogP contribution in [-0.4, -0.2) is 26.6 Å². The normalized spacial score (nSPS) is 19.1. The molecule has 1 heterocycles. The summed E-state index contributed by atoms with van der Waals surface area (Å²) in [6, 6.07) is 6.59. The average Bonchev–Trinajstić information content (AvgIpc) is 2.67. The van der Waals surface area contributed by atoms with E-state index in [1.165, 1.54) is 11.0 Å². The van der Waals surface area contributed by atoms with Crippen LogP contribution in [0.25, 0.3) is 0 Å². The van der Waals surface area contributed by atoms with E-state index in [0.29, 0.717) is 16.9 Å². The highest BCUT2D eigenvalue weighted by molar-refractivity contribution is 7.89. The maximum absolute atomic E-state index is 11.9. The lowest BCUT2D eigenvalue weighted by atomic mass is 10.1. The average molecular weight is 294 g/mol. The molecule has 7 nitrogen and oxygen atoms in total. The number of hydrogen-bond donors (Lipinski definition) is 2. The van der Waals surface area contributed by atoms with Gasteiger partial charge in [0, 0.05) is 18.9 Å². The molecule has 8 heteroatoms. The van der Waals surface area contributed by atoms with Crippen LogP contribution < -0.4 is 15.8 Å². The highest BCUT2D eigenvalue weighted by atomic mass is 32.2. The second kappa shape index (κ2) is 5.11. The van der Waals surface area contributed by atoms with Gasteiger partial charge in [-0.25, -0.2) is 13.6 Å². The van der Waals surface area contributed by atoms with Crippen molar-refractivity contribution >= 4 is 27.3 Å². The Morgan fingerprint density at radius 1 is 1.45 bits per heavy atom. The maximum atomic E-state index is 11.9. The van der Waals surface area contributed by atoms with Gasteiger partial charge in [0.2, 0.25) is 15.9 Å². The number of carbonyl (C=O) groups is 1. The number of primary sulfonamides is 1. The second-order valence-corrected chi connectivity index (χ2v) is 6.45. The Bertz CT molecular complexity index is 693. The summed E-state index contributed by atoms with van der Waals surface area (Å²) < 4.78 is 22.1. The number of benzene rings is 1. The van der Waals surface area contributed by atoms with Crippen molar-refractivity contribution in [2.24, 2.45) is 11.1 Å². The first-order valence-corrected chi connectivity index (χ1v) is 7.62. The Balaban J connectivity index is 2.22. The molecule has 20 heavy (non-hydrogen) atoms. The fourth-order valence-corrected chi connectivity index (χ4v) is 3.20. The van der Waals surface area contributed by atoms with Crippen LogP contribution in [0.5, 0.6) is 0 Å². The minimum absolute atomic E-state index is 0.121. The molecule has 0 saturated carbocycles. The molecule has 106 valence electrons. The molecule has 0 spiro atoms. The summed E-state index contributed by atoms with van der Waals surface area (Å²) in [6.45, 7) is 0.255. The van der Waals surface area contributed by atoms with Crippen molar-refractivity contribution in [3.63, 3.8) is 0 Å². The van der Waals surface area contributed by atoms with Gasteiger partial charge in [-0.3, -0.25) is 4.79 Å². The fourth-order valence-electron chi connectivity index (χ4n) is 2.32. The van der Waals surface area contributed by atoms with Crippen molar-refractivity contribution in [1.82, 2.24) is 0 Å². The third-order valence-corrected chi connectivity index (χ3v) is 4.06. The number of anilines is 2. The van der Waals surface area contributed by atoms with Gasteiger partial charge in [-0.1, -0.05) is 0 Å². The van der Waals surface area contributed by atoms with E-state index in [9.17, 15) is 13.2 Å². The third kappa shape index (κ3) is 3.07. The van der Waals surface area contributed by atoms with Crippen molar-refractivity contribution < 1.29 is 13.2 Å². The third-order valence-electron chi connectivity index (χ3n) is 3.12. The van der Waals surface area contributed by atoms with Crippen LogP contribution in [0.15, 0.2) is 18.2 Å². The molecule has 1 aromatic carbocycles. The number of hydrogen-bond acceptors (Lipinski definition) is 5. The molecule has 1 saturated heterocycles. The van der Waals surface area contributed by atoms with E-state index in [4.69, 9.17) is 16.1 Å². The van der Waals surface area contributed by atoms with E-state index in [0.717, 1.165) is 0 Å². The molecule has 1 atom stereocenters. The first kappa shape index (κ1) is 14.3. The van der Waals surface area contributed by atoms with Crippen LogP contribution >= 0.6 is 0 Å². The van der Waals surface area contributed by atoms with Crippen molar-refractivity contribution in [2.45, 2.75) is 6.42 Å². The molecular formula is C12H14N4O3S. The summed E-state index contributed by atoms with van der Waals surface area (Å²) in [5.74, 6) is -0.770. The zero-order valence-corrected chi connectivity index (χ0v) is 11.4. The molecule has 0 bridgehead atoms. The van der Waals surface area contributed by atoms with E-state index in [1.807, 2.05) is 6.07 Å². The molecule has 2 rings (SSSR count). The molecule has 0 aromatic heterocycles. The van der Waals surface area contributed by atoms with Gasteiger partial charge in [-0.05, 0) is 18.2 Å².